The normalized spacial score (nSPS) is 15.7. The molecule has 1 saturated heterocycles. The summed E-state index contributed by atoms with van der Waals surface area (Å²) in [5.41, 5.74) is 0.842. The lowest BCUT2D eigenvalue weighted by molar-refractivity contribution is -0.132. The van der Waals surface area contributed by atoms with Crippen molar-refractivity contribution in [1.29, 1.82) is 0 Å². The molecule has 128 valence electrons. The molecule has 1 amide bonds. The van der Waals surface area contributed by atoms with E-state index in [9.17, 15) is 4.79 Å². The second-order valence-electron chi connectivity index (χ2n) is 5.96. The van der Waals surface area contributed by atoms with Gasteiger partial charge in [0.15, 0.2) is 0 Å². The number of benzene rings is 1. The molecule has 7 heteroatoms. The van der Waals surface area contributed by atoms with Crippen LogP contribution in [-0.2, 0) is 11.2 Å². The fourth-order valence-corrected chi connectivity index (χ4v) is 2.99. The number of halogens is 1. The van der Waals surface area contributed by atoms with E-state index in [0.29, 0.717) is 35.6 Å². The molecule has 24 heavy (non-hydrogen) atoms. The summed E-state index contributed by atoms with van der Waals surface area (Å²) < 4.78 is 5.25. The molecule has 0 aliphatic carbocycles. The van der Waals surface area contributed by atoms with E-state index >= 15 is 0 Å². The zero-order chi connectivity index (χ0) is 16.9. The van der Waals surface area contributed by atoms with E-state index in [1.165, 1.54) is 0 Å². The largest absolute Gasteiger partial charge is 0.343 e. The van der Waals surface area contributed by atoms with Crippen molar-refractivity contribution in [3.8, 4) is 11.4 Å². The number of nitrogens with zero attached hydrogens (tertiary/aromatic N) is 3. The van der Waals surface area contributed by atoms with Crippen molar-refractivity contribution in [2.24, 2.45) is 0 Å². The van der Waals surface area contributed by atoms with Crippen LogP contribution in [0.1, 0.15) is 25.2 Å². The van der Waals surface area contributed by atoms with Crippen LogP contribution in [0, 0.1) is 0 Å². The summed E-state index contributed by atoms with van der Waals surface area (Å²) in [5, 5.41) is 7.89. The van der Waals surface area contributed by atoms with Gasteiger partial charge >= 0.3 is 0 Å². The lowest BCUT2D eigenvalue weighted by Crippen LogP contribution is -2.44. The van der Waals surface area contributed by atoms with Crippen LogP contribution >= 0.6 is 11.6 Å². The average molecular weight is 349 g/mol. The van der Waals surface area contributed by atoms with Crippen molar-refractivity contribution >= 4 is 17.5 Å². The number of rotatable bonds is 5. The second-order valence-corrected chi connectivity index (χ2v) is 6.40. The molecule has 0 bridgehead atoms. The maximum Gasteiger partial charge on any atom is 0.227 e. The van der Waals surface area contributed by atoms with Gasteiger partial charge in [0.2, 0.25) is 17.6 Å². The first-order chi connectivity index (χ1) is 11.7. The molecule has 2 aromatic rings. The van der Waals surface area contributed by atoms with Crippen LogP contribution < -0.4 is 5.32 Å². The summed E-state index contributed by atoms with van der Waals surface area (Å²) in [5.74, 6) is 1.15. The Morgan fingerprint density at radius 2 is 2.04 bits per heavy atom. The Morgan fingerprint density at radius 1 is 1.33 bits per heavy atom. The number of hydrogen-bond donors (Lipinski definition) is 1. The van der Waals surface area contributed by atoms with Crippen LogP contribution in [0.15, 0.2) is 28.8 Å². The zero-order valence-corrected chi connectivity index (χ0v) is 14.4. The molecule has 1 fully saturated rings. The zero-order valence-electron chi connectivity index (χ0n) is 13.7. The lowest BCUT2D eigenvalue weighted by Gasteiger charge is -2.31. The number of aromatic nitrogens is 2. The van der Waals surface area contributed by atoms with Crippen LogP contribution in [-0.4, -0.2) is 47.1 Å². The highest BCUT2D eigenvalue weighted by Crippen LogP contribution is 2.19. The van der Waals surface area contributed by atoms with Crippen molar-refractivity contribution in [2.45, 2.75) is 31.7 Å². The van der Waals surface area contributed by atoms with Gasteiger partial charge in [-0.1, -0.05) is 16.8 Å². The number of carbonyl (C=O) groups excluding carboxylic acids is 1. The van der Waals surface area contributed by atoms with Gasteiger partial charge in [0.05, 0.1) is 0 Å². The van der Waals surface area contributed by atoms with E-state index in [0.717, 1.165) is 31.5 Å². The number of amides is 1. The molecule has 0 unspecified atom stereocenters. The number of aryl methyl sites for hydroxylation is 1. The second kappa shape index (κ2) is 7.77. The Hall–Kier alpha value is -1.92. The molecule has 1 aliphatic heterocycles. The van der Waals surface area contributed by atoms with E-state index in [1.54, 1.807) is 12.1 Å². The van der Waals surface area contributed by atoms with Gasteiger partial charge in [0.25, 0.3) is 0 Å². The average Bonchev–Trinajstić information content (AvgIpc) is 3.09. The van der Waals surface area contributed by atoms with Gasteiger partial charge in [-0.3, -0.25) is 4.79 Å². The van der Waals surface area contributed by atoms with Gasteiger partial charge in [0, 0.05) is 42.6 Å². The van der Waals surface area contributed by atoms with Crippen LogP contribution in [0.2, 0.25) is 5.02 Å². The molecule has 6 nitrogen and oxygen atoms in total. The van der Waals surface area contributed by atoms with Crippen LogP contribution in [0.4, 0.5) is 0 Å². The quantitative estimate of drug-likeness (QED) is 0.899. The Bertz CT molecular complexity index is 678. The third-order valence-corrected chi connectivity index (χ3v) is 4.63. The molecule has 0 radical (unpaired) electrons. The van der Waals surface area contributed by atoms with Gasteiger partial charge in [-0.2, -0.15) is 4.98 Å². The third-order valence-electron chi connectivity index (χ3n) is 4.38. The van der Waals surface area contributed by atoms with Crippen molar-refractivity contribution in [1.82, 2.24) is 20.4 Å². The third kappa shape index (κ3) is 4.13. The fourth-order valence-electron chi connectivity index (χ4n) is 2.86. The monoisotopic (exact) mass is 348 g/mol. The molecule has 1 aliphatic rings. The Kier molecular flexibility index (Phi) is 5.48. The SMILES string of the molecule is CNC1CCN(C(=O)CCc2nc(-c3ccc(Cl)cc3)no2)CC1. The smallest absolute Gasteiger partial charge is 0.227 e. The van der Waals surface area contributed by atoms with Gasteiger partial charge in [-0.05, 0) is 44.2 Å². The first-order valence-electron chi connectivity index (χ1n) is 8.19. The molecular formula is C17H21ClN4O2. The fraction of sp³-hybridized carbons (Fsp3) is 0.471. The molecule has 1 N–H and O–H groups in total. The lowest BCUT2D eigenvalue weighted by atomic mass is 10.0. The van der Waals surface area contributed by atoms with Gasteiger partial charge in [-0.25, -0.2) is 0 Å². The minimum Gasteiger partial charge on any atom is -0.343 e. The van der Waals surface area contributed by atoms with E-state index in [-0.39, 0.29) is 5.91 Å². The number of piperidine rings is 1. The number of carbonyl (C=O) groups is 1. The van der Waals surface area contributed by atoms with Crippen molar-refractivity contribution in [3.05, 3.63) is 35.2 Å². The first kappa shape index (κ1) is 16.9. The van der Waals surface area contributed by atoms with Crippen LogP contribution in [0.25, 0.3) is 11.4 Å². The number of nitrogens with one attached hydrogen (secondary N) is 1. The number of likely N-dealkylation sites (tertiary alicyclic amines) is 1. The first-order valence-corrected chi connectivity index (χ1v) is 8.57. The summed E-state index contributed by atoms with van der Waals surface area (Å²) in [7, 11) is 1.97. The van der Waals surface area contributed by atoms with Crippen molar-refractivity contribution in [2.75, 3.05) is 20.1 Å². The van der Waals surface area contributed by atoms with E-state index in [2.05, 4.69) is 15.5 Å². The molecule has 2 heterocycles. The maximum absolute atomic E-state index is 12.3. The van der Waals surface area contributed by atoms with Crippen molar-refractivity contribution in [3.63, 3.8) is 0 Å². The molecule has 0 saturated carbocycles. The molecule has 1 aromatic heterocycles. The molecular weight excluding hydrogens is 328 g/mol. The highest BCUT2D eigenvalue weighted by Gasteiger charge is 2.22. The maximum atomic E-state index is 12.3. The minimum atomic E-state index is 0.149. The van der Waals surface area contributed by atoms with E-state index < -0.39 is 0 Å². The standard InChI is InChI=1S/C17H21ClN4O2/c1-19-14-8-10-22(11-9-14)16(23)7-6-15-20-17(21-24-15)12-2-4-13(18)5-3-12/h2-5,14,19H,6-11H2,1H3. The predicted octanol–water partition coefficient (Wildman–Crippen LogP) is 2.53. The topological polar surface area (TPSA) is 71.3 Å². The number of hydrogen-bond acceptors (Lipinski definition) is 5. The van der Waals surface area contributed by atoms with Crippen LogP contribution in [0.5, 0.6) is 0 Å². The Labute approximate surface area is 146 Å². The summed E-state index contributed by atoms with van der Waals surface area (Å²) in [6.45, 7) is 1.62. The highest BCUT2D eigenvalue weighted by atomic mass is 35.5. The van der Waals surface area contributed by atoms with Crippen molar-refractivity contribution < 1.29 is 9.32 Å². The van der Waals surface area contributed by atoms with Gasteiger partial charge < -0.3 is 14.7 Å². The molecule has 0 spiro atoms. The molecule has 3 rings (SSSR count). The Morgan fingerprint density at radius 3 is 2.71 bits per heavy atom. The molecule has 0 atom stereocenters. The summed E-state index contributed by atoms with van der Waals surface area (Å²) in [6, 6.07) is 7.77. The van der Waals surface area contributed by atoms with Gasteiger partial charge in [0.1, 0.15) is 0 Å². The van der Waals surface area contributed by atoms with E-state index in [1.807, 2.05) is 24.1 Å². The summed E-state index contributed by atoms with van der Waals surface area (Å²) >= 11 is 5.87. The summed E-state index contributed by atoms with van der Waals surface area (Å²) in [6.07, 6.45) is 2.87. The Balaban J connectivity index is 1.52. The van der Waals surface area contributed by atoms with E-state index in [4.69, 9.17) is 16.1 Å². The van der Waals surface area contributed by atoms with Gasteiger partial charge in [-0.15, -0.1) is 0 Å². The summed E-state index contributed by atoms with van der Waals surface area (Å²) in [4.78, 5) is 18.6. The van der Waals surface area contributed by atoms with Crippen LogP contribution in [0.3, 0.4) is 0 Å². The highest BCUT2D eigenvalue weighted by molar-refractivity contribution is 6.30. The minimum absolute atomic E-state index is 0.149. The predicted molar refractivity (Wildman–Crippen MR) is 91.7 cm³/mol. The molecule has 1 aromatic carbocycles.